The van der Waals surface area contributed by atoms with E-state index in [1.165, 1.54) is 0 Å². The van der Waals surface area contributed by atoms with Crippen LogP contribution in [0.4, 0.5) is 0 Å². The van der Waals surface area contributed by atoms with E-state index in [1.807, 2.05) is 56.3 Å². The molecule has 0 fully saturated rings. The molecule has 0 amide bonds. The number of hydrogen-bond donors (Lipinski definition) is 0. The molecule has 8 heteroatoms. The predicted octanol–water partition coefficient (Wildman–Crippen LogP) is 4.16. The normalized spacial score (nSPS) is 21.0. The Hall–Kier alpha value is -4.20. The number of hydrogen-bond acceptors (Lipinski definition) is 6. The highest BCUT2D eigenvalue weighted by atomic mass is 16.6. The first-order valence-corrected chi connectivity index (χ1v) is 11.9. The molecular formula is C28H28N4O4. The van der Waals surface area contributed by atoms with Gasteiger partial charge in [-0.05, 0) is 29.2 Å². The Balaban J connectivity index is 1.62. The molecule has 2 heterocycles. The van der Waals surface area contributed by atoms with Gasteiger partial charge in [0.2, 0.25) is 0 Å². The van der Waals surface area contributed by atoms with Crippen LogP contribution < -0.4 is 0 Å². The van der Waals surface area contributed by atoms with Crippen molar-refractivity contribution in [2.75, 3.05) is 0 Å². The van der Waals surface area contributed by atoms with E-state index in [1.54, 1.807) is 48.3 Å². The van der Waals surface area contributed by atoms with Gasteiger partial charge in [0, 0.05) is 32.4 Å². The number of fused-ring (bicyclic) bond motifs is 1. The number of esters is 2. The van der Waals surface area contributed by atoms with Crippen LogP contribution in [0.15, 0.2) is 73.6 Å². The highest BCUT2D eigenvalue weighted by molar-refractivity contribution is 5.88. The first-order chi connectivity index (χ1) is 17.3. The molecule has 36 heavy (non-hydrogen) atoms. The lowest BCUT2D eigenvalue weighted by Crippen LogP contribution is -2.47. The van der Waals surface area contributed by atoms with Crippen molar-refractivity contribution in [3.8, 4) is 0 Å². The Morgan fingerprint density at radius 3 is 1.78 bits per heavy atom. The van der Waals surface area contributed by atoms with Crippen molar-refractivity contribution in [1.82, 2.24) is 19.1 Å². The minimum atomic E-state index is -0.779. The summed E-state index contributed by atoms with van der Waals surface area (Å²) in [5.41, 5.74) is 4.56. The van der Waals surface area contributed by atoms with Gasteiger partial charge in [-0.25, -0.2) is 19.6 Å². The van der Waals surface area contributed by atoms with E-state index in [-0.39, 0.29) is 23.2 Å². The van der Waals surface area contributed by atoms with Crippen molar-refractivity contribution in [2.45, 2.75) is 37.9 Å². The number of ether oxygens (including phenoxy) is 2. The molecule has 0 spiro atoms. The summed E-state index contributed by atoms with van der Waals surface area (Å²) in [4.78, 5) is 34.7. The number of rotatable bonds is 5. The Kier molecular flexibility index (Phi) is 6.18. The molecule has 5 rings (SSSR count). The summed E-state index contributed by atoms with van der Waals surface area (Å²) >= 11 is 0. The molecule has 4 unspecified atom stereocenters. The van der Waals surface area contributed by atoms with Gasteiger partial charge in [-0.3, -0.25) is 0 Å². The van der Waals surface area contributed by atoms with E-state index in [4.69, 9.17) is 9.47 Å². The highest BCUT2D eigenvalue weighted by Gasteiger charge is 2.47. The van der Waals surface area contributed by atoms with Crippen molar-refractivity contribution in [3.63, 3.8) is 0 Å². The van der Waals surface area contributed by atoms with Gasteiger partial charge in [0.05, 0.1) is 18.6 Å². The highest BCUT2D eigenvalue weighted by Crippen LogP contribution is 2.46. The van der Waals surface area contributed by atoms with Gasteiger partial charge in [0.25, 0.3) is 0 Å². The largest absolute Gasteiger partial charge is 0.453 e. The van der Waals surface area contributed by atoms with Crippen LogP contribution in [0.25, 0.3) is 0 Å². The number of carbonyl (C=O) groups excluding carboxylic acids is 2. The second-order valence-corrected chi connectivity index (χ2v) is 9.34. The van der Waals surface area contributed by atoms with Crippen molar-refractivity contribution < 1.29 is 19.1 Å². The molecule has 0 bridgehead atoms. The van der Waals surface area contributed by atoms with E-state index >= 15 is 0 Å². The maximum atomic E-state index is 13.3. The van der Waals surface area contributed by atoms with Crippen molar-refractivity contribution >= 4 is 11.9 Å². The maximum Gasteiger partial charge on any atom is 0.358 e. The zero-order valence-corrected chi connectivity index (χ0v) is 20.7. The molecule has 0 saturated carbocycles. The monoisotopic (exact) mass is 484 g/mol. The van der Waals surface area contributed by atoms with Crippen LogP contribution in [0.2, 0.25) is 0 Å². The third kappa shape index (κ3) is 4.30. The zero-order valence-electron chi connectivity index (χ0n) is 20.7. The quantitative estimate of drug-likeness (QED) is 0.395. The molecule has 0 N–H and O–H groups in total. The molecule has 1 aliphatic rings. The summed E-state index contributed by atoms with van der Waals surface area (Å²) in [6, 6.07) is 16.1. The van der Waals surface area contributed by atoms with E-state index in [2.05, 4.69) is 16.0 Å². The van der Waals surface area contributed by atoms with Gasteiger partial charge in [-0.1, -0.05) is 55.5 Å². The average molecular weight is 485 g/mol. The van der Waals surface area contributed by atoms with E-state index in [9.17, 15) is 9.59 Å². The second-order valence-electron chi connectivity index (χ2n) is 9.34. The summed E-state index contributed by atoms with van der Waals surface area (Å²) in [6.07, 6.45) is 4.79. The Morgan fingerprint density at radius 1 is 0.750 bits per heavy atom. The zero-order chi connectivity index (χ0) is 25.4. The molecule has 4 aromatic rings. The molecule has 0 aliphatic heterocycles. The molecule has 184 valence electrons. The Morgan fingerprint density at radius 2 is 1.25 bits per heavy atom. The molecule has 0 radical (unpaired) electrons. The van der Waals surface area contributed by atoms with Gasteiger partial charge < -0.3 is 18.6 Å². The summed E-state index contributed by atoms with van der Waals surface area (Å²) in [5, 5.41) is 0. The molecular weight excluding hydrogens is 456 g/mol. The standard InChI is InChI=1S/C28H28N4O4/c1-17-9-5-6-10-19(17)24-21-12-8-7-11-20(21)18(2)25(35-27(33)22-13-31(3)15-29-22)26(24)36-28(34)23-14-32(4)16-30-23/h5-16,18,24-26H,1-4H3. The van der Waals surface area contributed by atoms with Gasteiger partial charge in [0.15, 0.2) is 17.5 Å². The van der Waals surface area contributed by atoms with Crippen LogP contribution in [0.5, 0.6) is 0 Å². The first-order valence-electron chi connectivity index (χ1n) is 11.9. The smallest absolute Gasteiger partial charge is 0.358 e. The van der Waals surface area contributed by atoms with Crippen LogP contribution in [-0.2, 0) is 23.6 Å². The lowest BCUT2D eigenvalue weighted by Gasteiger charge is -2.42. The third-order valence-corrected chi connectivity index (χ3v) is 6.80. The molecule has 2 aromatic heterocycles. The van der Waals surface area contributed by atoms with E-state index in [0.717, 1.165) is 22.3 Å². The van der Waals surface area contributed by atoms with Crippen LogP contribution in [0, 0.1) is 6.92 Å². The minimum absolute atomic E-state index is 0.197. The minimum Gasteiger partial charge on any atom is -0.453 e. The Bertz CT molecular complexity index is 1420. The lowest BCUT2D eigenvalue weighted by molar-refractivity contribution is -0.0537. The fraction of sp³-hybridized carbons (Fsp3) is 0.286. The molecule has 2 aromatic carbocycles. The summed E-state index contributed by atoms with van der Waals surface area (Å²) in [6.45, 7) is 4.02. The fourth-order valence-corrected chi connectivity index (χ4v) is 5.03. The van der Waals surface area contributed by atoms with Gasteiger partial charge in [-0.15, -0.1) is 0 Å². The fourth-order valence-electron chi connectivity index (χ4n) is 5.03. The topological polar surface area (TPSA) is 88.2 Å². The van der Waals surface area contributed by atoms with Gasteiger partial charge in [-0.2, -0.15) is 0 Å². The van der Waals surface area contributed by atoms with E-state index in [0.29, 0.717) is 0 Å². The number of carbonyl (C=O) groups is 2. The number of nitrogens with zero attached hydrogens (tertiary/aromatic N) is 4. The molecule has 1 aliphatic carbocycles. The van der Waals surface area contributed by atoms with Crippen LogP contribution in [0.1, 0.15) is 62.0 Å². The van der Waals surface area contributed by atoms with Crippen molar-refractivity contribution in [3.05, 3.63) is 107 Å². The summed E-state index contributed by atoms with van der Waals surface area (Å²) in [5.74, 6) is -1.69. The third-order valence-electron chi connectivity index (χ3n) is 6.80. The second kappa shape index (κ2) is 9.45. The van der Waals surface area contributed by atoms with Gasteiger partial charge >= 0.3 is 11.9 Å². The molecule has 0 saturated heterocycles. The number of aromatic nitrogens is 4. The first kappa shape index (κ1) is 23.5. The van der Waals surface area contributed by atoms with Crippen LogP contribution in [0.3, 0.4) is 0 Å². The average Bonchev–Trinajstić information content (AvgIpc) is 3.51. The summed E-state index contributed by atoms with van der Waals surface area (Å²) < 4.78 is 15.6. The van der Waals surface area contributed by atoms with E-state index < -0.39 is 24.1 Å². The lowest BCUT2D eigenvalue weighted by atomic mass is 9.70. The van der Waals surface area contributed by atoms with Crippen LogP contribution in [-0.4, -0.2) is 43.2 Å². The Labute approximate surface area is 209 Å². The maximum absolute atomic E-state index is 13.3. The number of benzene rings is 2. The number of imidazole rings is 2. The van der Waals surface area contributed by atoms with Gasteiger partial charge in [0.1, 0.15) is 6.10 Å². The predicted molar refractivity (Wildman–Crippen MR) is 133 cm³/mol. The number of aryl methyl sites for hydroxylation is 3. The SMILES string of the molecule is Cc1ccccc1C1c2ccccc2C(C)C(OC(=O)c2cn(C)cn2)C1OC(=O)c1cn(C)cn1. The molecule has 4 atom stereocenters. The molecule has 8 nitrogen and oxygen atoms in total. The van der Waals surface area contributed by atoms with Crippen molar-refractivity contribution in [1.29, 1.82) is 0 Å². The van der Waals surface area contributed by atoms with Crippen LogP contribution >= 0.6 is 0 Å². The summed E-state index contributed by atoms with van der Waals surface area (Å²) in [7, 11) is 3.57. The van der Waals surface area contributed by atoms with Crippen molar-refractivity contribution in [2.24, 2.45) is 14.1 Å².